The van der Waals surface area contributed by atoms with Crippen molar-refractivity contribution in [1.82, 2.24) is 15.2 Å². The molecule has 0 bridgehead atoms. The molecule has 6 nitrogen and oxygen atoms in total. The fourth-order valence-corrected chi connectivity index (χ4v) is 4.26. The molecule has 1 saturated heterocycles. The molecule has 2 heterocycles. The number of morpholine rings is 1. The molecule has 4 rings (SSSR count). The molecule has 2 aromatic carbocycles. The van der Waals surface area contributed by atoms with Gasteiger partial charge in [-0.25, -0.2) is 9.37 Å². The number of carbonyl (C=O) groups excluding carboxylic acids is 1. The number of benzene rings is 2. The third-order valence-corrected chi connectivity index (χ3v) is 6.19. The molecule has 0 saturated carbocycles. The quantitative estimate of drug-likeness (QED) is 0.557. The third-order valence-electron chi connectivity index (χ3n) is 5.36. The lowest BCUT2D eigenvalue weighted by atomic mass is 10.0. The van der Waals surface area contributed by atoms with Crippen molar-refractivity contribution >= 4 is 17.2 Å². The molecule has 1 unspecified atom stereocenters. The molecule has 1 fully saturated rings. The van der Waals surface area contributed by atoms with E-state index in [0.29, 0.717) is 32.1 Å². The van der Waals surface area contributed by atoms with Crippen LogP contribution >= 0.6 is 11.3 Å². The highest BCUT2D eigenvalue weighted by molar-refractivity contribution is 7.09. The highest BCUT2D eigenvalue weighted by Gasteiger charge is 2.24. The Labute approximate surface area is 191 Å². The Morgan fingerprint density at radius 1 is 1.19 bits per heavy atom. The Morgan fingerprint density at radius 3 is 2.62 bits per heavy atom. The second-order valence-electron chi connectivity index (χ2n) is 7.65. The number of ether oxygens (including phenoxy) is 2. The summed E-state index contributed by atoms with van der Waals surface area (Å²) in [5.74, 6) is 0.258. The Bertz CT molecular complexity index is 1020. The molecule has 1 amide bonds. The van der Waals surface area contributed by atoms with E-state index in [-0.39, 0.29) is 17.8 Å². The van der Waals surface area contributed by atoms with Crippen molar-refractivity contribution in [3.8, 4) is 5.75 Å². The second-order valence-corrected chi connectivity index (χ2v) is 8.60. The summed E-state index contributed by atoms with van der Waals surface area (Å²) >= 11 is 1.40. The van der Waals surface area contributed by atoms with E-state index in [2.05, 4.69) is 15.2 Å². The van der Waals surface area contributed by atoms with Gasteiger partial charge in [0.15, 0.2) is 0 Å². The number of nitrogens with one attached hydrogen (secondary N) is 1. The average Bonchev–Trinajstić information content (AvgIpc) is 3.30. The molecule has 32 heavy (non-hydrogen) atoms. The molecule has 8 heteroatoms. The molecule has 1 aliphatic rings. The number of halogens is 1. The Balaban J connectivity index is 1.36. The van der Waals surface area contributed by atoms with E-state index in [4.69, 9.17) is 9.47 Å². The van der Waals surface area contributed by atoms with Crippen molar-refractivity contribution in [1.29, 1.82) is 0 Å². The van der Waals surface area contributed by atoms with Gasteiger partial charge in [0.1, 0.15) is 28.9 Å². The maximum atomic E-state index is 13.4. The van der Waals surface area contributed by atoms with Gasteiger partial charge in [0.25, 0.3) is 5.91 Å². The molecule has 168 valence electrons. The first-order chi connectivity index (χ1) is 15.6. The van der Waals surface area contributed by atoms with Gasteiger partial charge < -0.3 is 14.8 Å². The lowest BCUT2D eigenvalue weighted by Gasteiger charge is -2.34. The van der Waals surface area contributed by atoms with Crippen LogP contribution in [0.5, 0.6) is 5.75 Å². The normalized spacial score (nSPS) is 15.3. The van der Waals surface area contributed by atoms with Crippen LogP contribution in [-0.4, -0.2) is 48.6 Å². The summed E-state index contributed by atoms with van der Waals surface area (Å²) in [5.41, 5.74) is 2.50. The van der Waals surface area contributed by atoms with Crippen LogP contribution in [0.2, 0.25) is 0 Å². The van der Waals surface area contributed by atoms with E-state index in [0.717, 1.165) is 29.4 Å². The zero-order chi connectivity index (χ0) is 22.3. The molecular weight excluding hydrogens is 429 g/mol. The summed E-state index contributed by atoms with van der Waals surface area (Å²) in [4.78, 5) is 19.4. The molecule has 1 atom stereocenters. The predicted molar refractivity (Wildman–Crippen MR) is 121 cm³/mol. The van der Waals surface area contributed by atoms with Crippen molar-refractivity contribution in [2.45, 2.75) is 19.6 Å². The van der Waals surface area contributed by atoms with Crippen molar-refractivity contribution in [3.63, 3.8) is 0 Å². The second kappa shape index (κ2) is 10.7. The molecule has 1 aromatic heterocycles. The van der Waals surface area contributed by atoms with E-state index in [9.17, 15) is 9.18 Å². The minimum atomic E-state index is -0.277. The van der Waals surface area contributed by atoms with Gasteiger partial charge >= 0.3 is 0 Å². The van der Waals surface area contributed by atoms with Crippen LogP contribution in [-0.2, 0) is 11.3 Å². The van der Waals surface area contributed by atoms with Gasteiger partial charge in [0, 0.05) is 25.0 Å². The molecule has 0 spiro atoms. The van der Waals surface area contributed by atoms with Crippen LogP contribution in [0.15, 0.2) is 53.9 Å². The van der Waals surface area contributed by atoms with Crippen LogP contribution in [0.1, 0.15) is 32.7 Å². The first-order valence-electron chi connectivity index (χ1n) is 10.6. The summed E-state index contributed by atoms with van der Waals surface area (Å²) in [6.07, 6.45) is 0. The minimum Gasteiger partial charge on any atom is -0.486 e. The van der Waals surface area contributed by atoms with Crippen molar-refractivity contribution in [3.05, 3.63) is 81.6 Å². The molecule has 1 N–H and O–H groups in total. The summed E-state index contributed by atoms with van der Waals surface area (Å²) in [6.45, 7) is 5.54. The van der Waals surface area contributed by atoms with E-state index in [1.165, 1.54) is 29.0 Å². The summed E-state index contributed by atoms with van der Waals surface area (Å²) in [5, 5.41) is 5.47. The highest BCUT2D eigenvalue weighted by atomic mass is 32.1. The van der Waals surface area contributed by atoms with E-state index in [1.54, 1.807) is 17.5 Å². The molecular formula is C24H26FN3O3S. The smallest absolute Gasteiger partial charge is 0.270 e. The number of hydrogen-bond donors (Lipinski definition) is 1. The van der Waals surface area contributed by atoms with Gasteiger partial charge in [-0.3, -0.25) is 9.69 Å². The standard InChI is InChI=1S/C24H26FN3O3S/c1-17-2-8-20(9-3-17)31-15-23-27-21(16-32-23)24(29)26-14-22(28-10-12-30-13-11-28)18-4-6-19(25)7-5-18/h2-9,16,22H,10-15H2,1H3,(H,26,29). The van der Waals surface area contributed by atoms with Crippen LogP contribution in [0.4, 0.5) is 4.39 Å². The summed E-state index contributed by atoms with van der Waals surface area (Å²) < 4.78 is 24.6. The van der Waals surface area contributed by atoms with Gasteiger partial charge in [-0.2, -0.15) is 0 Å². The molecule has 1 aliphatic heterocycles. The maximum absolute atomic E-state index is 13.4. The average molecular weight is 456 g/mol. The van der Waals surface area contributed by atoms with Crippen molar-refractivity contribution in [2.75, 3.05) is 32.8 Å². The lowest BCUT2D eigenvalue weighted by Crippen LogP contribution is -2.43. The maximum Gasteiger partial charge on any atom is 0.270 e. The van der Waals surface area contributed by atoms with E-state index in [1.807, 2.05) is 31.2 Å². The Hall–Kier alpha value is -2.81. The summed E-state index contributed by atoms with van der Waals surface area (Å²) in [6, 6.07) is 14.2. The number of carbonyl (C=O) groups is 1. The molecule has 0 aliphatic carbocycles. The number of aryl methyl sites for hydroxylation is 1. The van der Waals surface area contributed by atoms with Crippen LogP contribution in [0, 0.1) is 12.7 Å². The number of thiazole rings is 1. The minimum absolute atomic E-state index is 0.0635. The van der Waals surface area contributed by atoms with Gasteiger partial charge in [0.2, 0.25) is 0 Å². The van der Waals surface area contributed by atoms with E-state index < -0.39 is 0 Å². The van der Waals surface area contributed by atoms with Gasteiger partial charge in [-0.05, 0) is 36.8 Å². The predicted octanol–water partition coefficient (Wildman–Crippen LogP) is 3.97. The zero-order valence-corrected chi connectivity index (χ0v) is 18.7. The Kier molecular flexibility index (Phi) is 7.47. The first kappa shape index (κ1) is 22.4. The molecule has 0 radical (unpaired) electrons. The highest BCUT2D eigenvalue weighted by Crippen LogP contribution is 2.22. The largest absolute Gasteiger partial charge is 0.486 e. The monoisotopic (exact) mass is 455 g/mol. The van der Waals surface area contributed by atoms with Crippen LogP contribution < -0.4 is 10.1 Å². The molecule has 3 aromatic rings. The Morgan fingerprint density at radius 2 is 1.91 bits per heavy atom. The van der Waals surface area contributed by atoms with Gasteiger partial charge in [-0.1, -0.05) is 29.8 Å². The van der Waals surface area contributed by atoms with Crippen LogP contribution in [0.3, 0.4) is 0 Å². The van der Waals surface area contributed by atoms with Crippen molar-refractivity contribution in [2.24, 2.45) is 0 Å². The number of hydrogen-bond acceptors (Lipinski definition) is 6. The van der Waals surface area contributed by atoms with Crippen LogP contribution in [0.25, 0.3) is 0 Å². The van der Waals surface area contributed by atoms with Gasteiger partial charge in [0.05, 0.1) is 19.3 Å². The number of nitrogens with zero attached hydrogens (tertiary/aromatic N) is 2. The number of aromatic nitrogens is 1. The fourth-order valence-electron chi connectivity index (χ4n) is 3.57. The summed E-state index contributed by atoms with van der Waals surface area (Å²) in [7, 11) is 0. The topological polar surface area (TPSA) is 63.7 Å². The van der Waals surface area contributed by atoms with E-state index >= 15 is 0 Å². The first-order valence-corrected chi connectivity index (χ1v) is 11.5. The third kappa shape index (κ3) is 5.91. The van der Waals surface area contributed by atoms with Gasteiger partial charge in [-0.15, -0.1) is 11.3 Å². The van der Waals surface area contributed by atoms with Crippen molar-refractivity contribution < 1.29 is 18.7 Å². The fraction of sp³-hybridized carbons (Fsp3) is 0.333. The SMILES string of the molecule is Cc1ccc(OCc2nc(C(=O)NCC(c3ccc(F)cc3)N3CCOCC3)cs2)cc1. The number of amides is 1. The zero-order valence-electron chi connectivity index (χ0n) is 17.9. The number of rotatable bonds is 8. The lowest BCUT2D eigenvalue weighted by molar-refractivity contribution is 0.0162.